The summed E-state index contributed by atoms with van der Waals surface area (Å²) in [6.45, 7) is 4.24. The van der Waals surface area contributed by atoms with Crippen molar-refractivity contribution in [3.63, 3.8) is 0 Å². The van der Waals surface area contributed by atoms with Gasteiger partial charge in [-0.05, 0) is 42.7 Å². The molecule has 1 saturated heterocycles. The van der Waals surface area contributed by atoms with E-state index in [1.165, 1.54) is 24.1 Å². The lowest BCUT2D eigenvalue weighted by Crippen LogP contribution is -2.30. The van der Waals surface area contributed by atoms with Gasteiger partial charge in [0.25, 0.3) is 0 Å². The lowest BCUT2D eigenvalue weighted by molar-refractivity contribution is 0.558. The molecule has 2 atom stereocenters. The Kier molecular flexibility index (Phi) is 3.76. The highest BCUT2D eigenvalue weighted by Crippen LogP contribution is 2.35. The number of hydrogen-bond donors (Lipinski definition) is 0. The molecule has 1 fully saturated rings. The molecule has 0 aliphatic carbocycles. The van der Waals surface area contributed by atoms with Crippen molar-refractivity contribution in [3.8, 4) is 0 Å². The Morgan fingerprint density at radius 3 is 2.80 bits per heavy atom. The molecule has 0 spiro atoms. The maximum Gasteiger partial charge on any atom is 0.150 e. The summed E-state index contributed by atoms with van der Waals surface area (Å²) in [6.07, 6.45) is 3.24. The summed E-state index contributed by atoms with van der Waals surface area (Å²) in [4.78, 5) is 2.42. The van der Waals surface area contributed by atoms with Gasteiger partial charge in [0.15, 0.2) is 9.84 Å². The zero-order valence-corrected chi connectivity index (χ0v) is 12.9. The number of benzene rings is 1. The Hall–Kier alpha value is -1.03. The number of hydrogen-bond acceptors (Lipinski definition) is 3. The van der Waals surface area contributed by atoms with E-state index in [0.29, 0.717) is 23.3 Å². The average molecular weight is 293 g/mol. The number of fused-ring (bicyclic) bond motifs is 1. The molecular formula is C16H23NO2S. The molecule has 2 aliphatic rings. The molecule has 0 bridgehead atoms. The molecule has 20 heavy (non-hydrogen) atoms. The van der Waals surface area contributed by atoms with E-state index in [-0.39, 0.29) is 0 Å². The van der Waals surface area contributed by atoms with Crippen LogP contribution in [0, 0.1) is 5.92 Å². The van der Waals surface area contributed by atoms with E-state index >= 15 is 0 Å². The molecule has 2 unspecified atom stereocenters. The van der Waals surface area contributed by atoms with E-state index in [1.54, 1.807) is 0 Å². The number of para-hydroxylation sites is 1. The summed E-state index contributed by atoms with van der Waals surface area (Å²) in [5.41, 5.74) is 2.74. The van der Waals surface area contributed by atoms with Gasteiger partial charge in [0.2, 0.25) is 0 Å². The molecule has 1 aromatic carbocycles. The first-order chi connectivity index (χ1) is 9.55. The number of rotatable bonds is 2. The highest BCUT2D eigenvalue weighted by Gasteiger charge is 2.30. The average Bonchev–Trinajstić information content (AvgIpc) is 2.68. The minimum atomic E-state index is -2.77. The Morgan fingerprint density at radius 2 is 2.05 bits per heavy atom. The van der Waals surface area contributed by atoms with Gasteiger partial charge in [-0.1, -0.05) is 25.1 Å². The van der Waals surface area contributed by atoms with Crippen LogP contribution in [0.15, 0.2) is 24.3 Å². The topological polar surface area (TPSA) is 37.4 Å². The highest BCUT2D eigenvalue weighted by molar-refractivity contribution is 7.91. The number of nitrogens with zero attached hydrogens (tertiary/aromatic N) is 1. The minimum Gasteiger partial charge on any atom is -0.371 e. The van der Waals surface area contributed by atoms with Crippen LogP contribution in [-0.2, 0) is 9.84 Å². The van der Waals surface area contributed by atoms with Crippen molar-refractivity contribution in [2.45, 2.75) is 32.1 Å². The van der Waals surface area contributed by atoms with E-state index in [2.05, 4.69) is 36.1 Å². The van der Waals surface area contributed by atoms with E-state index in [4.69, 9.17) is 0 Å². The normalized spacial score (nSPS) is 28.9. The van der Waals surface area contributed by atoms with Crippen LogP contribution in [0.3, 0.4) is 0 Å². The predicted octanol–water partition coefficient (Wildman–Crippen LogP) is 2.83. The van der Waals surface area contributed by atoms with Crippen molar-refractivity contribution in [1.29, 1.82) is 0 Å². The lowest BCUT2D eigenvalue weighted by atomic mass is 9.96. The summed E-state index contributed by atoms with van der Waals surface area (Å²) in [5, 5.41) is 0. The first-order valence-electron chi connectivity index (χ1n) is 7.59. The number of sulfone groups is 1. The van der Waals surface area contributed by atoms with Gasteiger partial charge in [-0.25, -0.2) is 8.42 Å². The second-order valence-corrected chi connectivity index (χ2v) is 8.55. The molecule has 3 rings (SSSR count). The largest absolute Gasteiger partial charge is 0.371 e. The van der Waals surface area contributed by atoms with Crippen molar-refractivity contribution in [2.24, 2.45) is 5.92 Å². The Morgan fingerprint density at radius 1 is 1.25 bits per heavy atom. The number of anilines is 1. The third kappa shape index (κ3) is 2.85. The van der Waals surface area contributed by atoms with Gasteiger partial charge in [0.1, 0.15) is 0 Å². The Balaban J connectivity index is 1.81. The SMILES string of the molecule is CC1CCCN(CC2CCS(=O)(=O)C2)c2ccccc21. The first-order valence-corrected chi connectivity index (χ1v) is 9.41. The van der Waals surface area contributed by atoms with Crippen LogP contribution in [0.4, 0.5) is 5.69 Å². The molecule has 2 aliphatic heterocycles. The monoisotopic (exact) mass is 293 g/mol. The third-order valence-electron chi connectivity index (χ3n) is 4.68. The summed E-state index contributed by atoms with van der Waals surface area (Å²) < 4.78 is 23.3. The van der Waals surface area contributed by atoms with Crippen LogP contribution >= 0.6 is 0 Å². The summed E-state index contributed by atoms with van der Waals surface area (Å²) in [6, 6.07) is 8.62. The van der Waals surface area contributed by atoms with Crippen LogP contribution in [0.25, 0.3) is 0 Å². The van der Waals surface area contributed by atoms with E-state index in [1.807, 2.05) is 0 Å². The summed E-state index contributed by atoms with van der Waals surface area (Å²) >= 11 is 0. The van der Waals surface area contributed by atoms with Gasteiger partial charge >= 0.3 is 0 Å². The van der Waals surface area contributed by atoms with Gasteiger partial charge < -0.3 is 4.90 Å². The van der Waals surface area contributed by atoms with Gasteiger partial charge in [0, 0.05) is 18.8 Å². The third-order valence-corrected chi connectivity index (χ3v) is 6.52. The van der Waals surface area contributed by atoms with Crippen molar-refractivity contribution >= 4 is 15.5 Å². The molecule has 0 amide bonds. The second kappa shape index (κ2) is 5.40. The molecule has 3 nitrogen and oxygen atoms in total. The van der Waals surface area contributed by atoms with E-state index in [0.717, 1.165) is 19.5 Å². The first kappa shape index (κ1) is 13.9. The quantitative estimate of drug-likeness (QED) is 0.841. The van der Waals surface area contributed by atoms with Crippen molar-refractivity contribution in [1.82, 2.24) is 0 Å². The van der Waals surface area contributed by atoms with Crippen molar-refractivity contribution in [2.75, 3.05) is 29.5 Å². The summed E-state index contributed by atoms with van der Waals surface area (Å²) in [5.74, 6) is 1.66. The molecule has 0 aromatic heterocycles. The van der Waals surface area contributed by atoms with Crippen molar-refractivity contribution in [3.05, 3.63) is 29.8 Å². The van der Waals surface area contributed by atoms with Crippen LogP contribution in [0.1, 0.15) is 37.7 Å². The van der Waals surface area contributed by atoms with Crippen LogP contribution in [0.5, 0.6) is 0 Å². The smallest absolute Gasteiger partial charge is 0.150 e. The molecule has 0 radical (unpaired) electrons. The fourth-order valence-corrected chi connectivity index (χ4v) is 5.42. The van der Waals surface area contributed by atoms with Crippen LogP contribution < -0.4 is 4.90 Å². The zero-order valence-electron chi connectivity index (χ0n) is 12.1. The van der Waals surface area contributed by atoms with Crippen LogP contribution in [-0.4, -0.2) is 33.0 Å². The molecule has 2 heterocycles. The minimum absolute atomic E-state index is 0.307. The van der Waals surface area contributed by atoms with Crippen molar-refractivity contribution < 1.29 is 8.42 Å². The van der Waals surface area contributed by atoms with Crippen LogP contribution in [0.2, 0.25) is 0 Å². The van der Waals surface area contributed by atoms with Gasteiger partial charge in [-0.15, -0.1) is 0 Å². The molecule has 0 saturated carbocycles. The summed E-state index contributed by atoms with van der Waals surface area (Å²) in [7, 11) is -2.77. The maximum atomic E-state index is 11.6. The van der Waals surface area contributed by atoms with E-state index in [9.17, 15) is 8.42 Å². The van der Waals surface area contributed by atoms with Gasteiger partial charge in [-0.2, -0.15) is 0 Å². The molecule has 110 valence electrons. The standard InChI is InChI=1S/C16H23NO2S/c1-13-5-4-9-17(16-7-3-2-6-15(13)16)11-14-8-10-20(18,19)12-14/h2-3,6-7,13-14H,4-5,8-12H2,1H3. The van der Waals surface area contributed by atoms with E-state index < -0.39 is 9.84 Å². The highest BCUT2D eigenvalue weighted by atomic mass is 32.2. The maximum absolute atomic E-state index is 11.6. The zero-order chi connectivity index (χ0) is 14.2. The fraction of sp³-hybridized carbons (Fsp3) is 0.625. The molecule has 1 aromatic rings. The van der Waals surface area contributed by atoms with Gasteiger partial charge in [-0.3, -0.25) is 0 Å². The predicted molar refractivity (Wildman–Crippen MR) is 83.1 cm³/mol. The van der Waals surface area contributed by atoms with Gasteiger partial charge in [0.05, 0.1) is 11.5 Å². The molecule has 0 N–H and O–H groups in total. The lowest BCUT2D eigenvalue weighted by Gasteiger charge is -2.28. The fourth-order valence-electron chi connectivity index (χ4n) is 3.57. The Labute approximate surface area is 121 Å². The Bertz CT molecular complexity index is 582. The molecular weight excluding hydrogens is 270 g/mol. The second-order valence-electron chi connectivity index (χ2n) is 6.32. The molecule has 4 heteroatoms.